The number of aliphatic hydroxyl groups excluding tert-OH is 1. The summed E-state index contributed by atoms with van der Waals surface area (Å²) in [4.78, 5) is 25.5. The van der Waals surface area contributed by atoms with Crippen LogP contribution < -0.4 is 10.2 Å². The minimum absolute atomic E-state index is 0.210. The standard InChI is InChI=1S/C27H27F2N7O2/c28-27(29)15-36(16-27)24-11-20(3-6-31-24)32-26(38)25-22-10-18(1-2-23(22)33-34-25)19-9-17(12-30-13-19)14-35-7-4-21(37)5-8-35/h1-3,6,9-13,21,37H,4-5,7-8,14-16H2,(H,33,34)(H,31,32,38). The van der Waals surface area contributed by atoms with Gasteiger partial charge in [0.05, 0.1) is 24.7 Å². The van der Waals surface area contributed by atoms with Gasteiger partial charge in [-0.15, -0.1) is 0 Å². The summed E-state index contributed by atoms with van der Waals surface area (Å²) >= 11 is 0. The van der Waals surface area contributed by atoms with Crippen LogP contribution in [0.1, 0.15) is 28.9 Å². The van der Waals surface area contributed by atoms with Gasteiger partial charge >= 0.3 is 0 Å². The Balaban J connectivity index is 1.20. The molecule has 0 atom stereocenters. The molecule has 3 aromatic heterocycles. The van der Waals surface area contributed by atoms with Crippen molar-refractivity contribution < 1.29 is 18.7 Å². The number of halogens is 2. The quantitative estimate of drug-likeness (QED) is 0.356. The number of benzene rings is 1. The van der Waals surface area contributed by atoms with Crippen LogP contribution in [-0.2, 0) is 6.54 Å². The van der Waals surface area contributed by atoms with Crippen molar-refractivity contribution >= 4 is 28.3 Å². The molecule has 38 heavy (non-hydrogen) atoms. The zero-order chi connectivity index (χ0) is 26.3. The van der Waals surface area contributed by atoms with E-state index in [0.717, 1.165) is 49.2 Å². The predicted molar refractivity (Wildman–Crippen MR) is 139 cm³/mol. The zero-order valence-corrected chi connectivity index (χ0v) is 20.6. The smallest absolute Gasteiger partial charge is 0.282 e. The van der Waals surface area contributed by atoms with Crippen LogP contribution in [0.5, 0.6) is 0 Å². The molecule has 0 bridgehead atoms. The highest BCUT2D eigenvalue weighted by molar-refractivity contribution is 6.11. The zero-order valence-electron chi connectivity index (χ0n) is 20.6. The first-order valence-electron chi connectivity index (χ1n) is 12.6. The average molecular weight is 520 g/mol. The first kappa shape index (κ1) is 24.4. The molecule has 0 unspecified atom stereocenters. The van der Waals surface area contributed by atoms with Gasteiger partial charge in [0, 0.05) is 60.9 Å². The number of rotatable bonds is 6. The number of amides is 1. The highest BCUT2D eigenvalue weighted by Crippen LogP contribution is 2.32. The second-order valence-corrected chi connectivity index (χ2v) is 9.99. The van der Waals surface area contributed by atoms with Crippen molar-refractivity contribution in [2.75, 3.05) is 36.4 Å². The SMILES string of the molecule is O=C(Nc1ccnc(N2CC(F)(F)C2)c1)c1n[nH]c2ccc(-c3cncc(CN4CCC(O)CC4)c3)cc12. The minimum atomic E-state index is -2.71. The van der Waals surface area contributed by atoms with Crippen molar-refractivity contribution in [3.63, 3.8) is 0 Å². The van der Waals surface area contributed by atoms with Gasteiger partial charge in [-0.05, 0) is 48.2 Å². The second-order valence-electron chi connectivity index (χ2n) is 9.99. The number of aromatic nitrogens is 4. The summed E-state index contributed by atoms with van der Waals surface area (Å²) in [7, 11) is 0. The number of alkyl halides is 2. The molecule has 3 N–H and O–H groups in total. The van der Waals surface area contributed by atoms with E-state index in [-0.39, 0.29) is 24.9 Å². The molecule has 9 nitrogen and oxygen atoms in total. The van der Waals surface area contributed by atoms with Crippen molar-refractivity contribution in [2.24, 2.45) is 0 Å². The first-order valence-corrected chi connectivity index (χ1v) is 12.6. The van der Waals surface area contributed by atoms with Gasteiger partial charge in [-0.2, -0.15) is 5.10 Å². The van der Waals surface area contributed by atoms with Crippen LogP contribution in [0.4, 0.5) is 20.3 Å². The number of pyridine rings is 2. The molecule has 196 valence electrons. The Bertz CT molecular complexity index is 1480. The van der Waals surface area contributed by atoms with E-state index in [2.05, 4.69) is 36.4 Å². The average Bonchev–Trinajstić information content (AvgIpc) is 3.32. The maximum absolute atomic E-state index is 13.2. The number of aliphatic hydroxyl groups is 1. The van der Waals surface area contributed by atoms with Crippen LogP contribution in [0.25, 0.3) is 22.0 Å². The predicted octanol–water partition coefficient (Wildman–Crippen LogP) is 3.68. The number of fused-ring (bicyclic) bond motifs is 1. The van der Waals surface area contributed by atoms with Gasteiger partial charge in [0.1, 0.15) is 5.82 Å². The molecule has 0 aliphatic carbocycles. The van der Waals surface area contributed by atoms with Crippen LogP contribution >= 0.6 is 0 Å². The first-order chi connectivity index (χ1) is 18.3. The van der Waals surface area contributed by atoms with E-state index in [1.807, 2.05) is 24.4 Å². The molecular formula is C27H27F2N7O2. The van der Waals surface area contributed by atoms with Crippen molar-refractivity contribution in [3.05, 3.63) is 66.2 Å². The number of anilines is 2. The maximum atomic E-state index is 13.2. The van der Waals surface area contributed by atoms with Gasteiger partial charge in [-0.1, -0.05) is 6.07 Å². The highest BCUT2D eigenvalue weighted by atomic mass is 19.3. The number of nitrogens with one attached hydrogen (secondary N) is 2. The number of carbonyl (C=O) groups excluding carboxylic acids is 1. The van der Waals surface area contributed by atoms with Crippen molar-refractivity contribution in [1.82, 2.24) is 25.1 Å². The second kappa shape index (κ2) is 9.73. The number of hydrogen-bond donors (Lipinski definition) is 3. The molecule has 5 heterocycles. The lowest BCUT2D eigenvalue weighted by molar-refractivity contribution is -0.0267. The van der Waals surface area contributed by atoms with Crippen LogP contribution in [0.3, 0.4) is 0 Å². The third kappa shape index (κ3) is 5.07. The molecular weight excluding hydrogens is 492 g/mol. The van der Waals surface area contributed by atoms with Crippen molar-refractivity contribution in [2.45, 2.75) is 31.4 Å². The lowest BCUT2D eigenvalue weighted by atomic mass is 10.0. The summed E-state index contributed by atoms with van der Waals surface area (Å²) in [6.07, 6.45) is 6.48. The van der Waals surface area contributed by atoms with E-state index in [1.165, 1.54) is 11.1 Å². The molecule has 1 amide bonds. The molecule has 1 aromatic carbocycles. The van der Waals surface area contributed by atoms with E-state index in [4.69, 9.17) is 0 Å². The lowest BCUT2D eigenvalue weighted by Crippen LogP contribution is -2.56. The molecule has 0 radical (unpaired) electrons. The molecule has 2 fully saturated rings. The van der Waals surface area contributed by atoms with E-state index in [1.54, 1.807) is 18.3 Å². The van der Waals surface area contributed by atoms with E-state index >= 15 is 0 Å². The van der Waals surface area contributed by atoms with Gasteiger partial charge in [0.2, 0.25) is 0 Å². The fourth-order valence-corrected chi connectivity index (χ4v) is 4.97. The van der Waals surface area contributed by atoms with Gasteiger partial charge in [0.15, 0.2) is 5.69 Å². The van der Waals surface area contributed by atoms with Crippen LogP contribution in [0.2, 0.25) is 0 Å². The van der Waals surface area contributed by atoms with Crippen LogP contribution in [0, 0.1) is 0 Å². The molecule has 2 saturated heterocycles. The summed E-state index contributed by atoms with van der Waals surface area (Å²) in [5, 5.41) is 20.4. The Kier molecular flexibility index (Phi) is 6.24. The normalized spacial score (nSPS) is 17.9. The minimum Gasteiger partial charge on any atom is -0.393 e. The van der Waals surface area contributed by atoms with Crippen molar-refractivity contribution in [1.29, 1.82) is 0 Å². The number of likely N-dealkylation sites (tertiary alicyclic amines) is 1. The third-order valence-electron chi connectivity index (χ3n) is 7.04. The number of carbonyl (C=O) groups is 1. The lowest BCUT2D eigenvalue weighted by Gasteiger charge is -2.39. The van der Waals surface area contributed by atoms with Gasteiger partial charge in [-0.3, -0.25) is 19.8 Å². The van der Waals surface area contributed by atoms with Gasteiger partial charge in [0.25, 0.3) is 11.8 Å². The molecule has 2 aliphatic heterocycles. The summed E-state index contributed by atoms with van der Waals surface area (Å²) < 4.78 is 26.5. The Morgan fingerprint density at radius 1 is 1.11 bits per heavy atom. The Morgan fingerprint density at radius 2 is 1.92 bits per heavy atom. The van der Waals surface area contributed by atoms with E-state index in [9.17, 15) is 18.7 Å². The Labute approximate surface area is 217 Å². The molecule has 4 aromatic rings. The maximum Gasteiger partial charge on any atom is 0.282 e. The van der Waals surface area contributed by atoms with Crippen LogP contribution in [0.15, 0.2) is 55.0 Å². The number of aromatic amines is 1. The number of piperidine rings is 1. The summed E-state index contributed by atoms with van der Waals surface area (Å²) in [6.45, 7) is 1.70. The number of hydrogen-bond acceptors (Lipinski definition) is 7. The summed E-state index contributed by atoms with van der Waals surface area (Å²) in [6, 6.07) is 11.0. The Hall–Kier alpha value is -3.96. The number of nitrogens with zero attached hydrogens (tertiary/aromatic N) is 5. The van der Waals surface area contributed by atoms with Crippen molar-refractivity contribution in [3.8, 4) is 11.1 Å². The molecule has 6 rings (SSSR count). The highest BCUT2D eigenvalue weighted by Gasteiger charge is 2.44. The molecule has 0 saturated carbocycles. The largest absolute Gasteiger partial charge is 0.393 e. The molecule has 0 spiro atoms. The summed E-state index contributed by atoms with van der Waals surface area (Å²) in [5.41, 5.74) is 4.31. The molecule has 11 heteroatoms. The van der Waals surface area contributed by atoms with E-state index in [0.29, 0.717) is 22.4 Å². The fraction of sp³-hybridized carbons (Fsp3) is 0.333. The monoisotopic (exact) mass is 519 g/mol. The summed E-state index contributed by atoms with van der Waals surface area (Å²) in [5.74, 6) is -2.74. The Morgan fingerprint density at radius 3 is 2.71 bits per heavy atom. The van der Waals surface area contributed by atoms with E-state index < -0.39 is 11.8 Å². The van der Waals surface area contributed by atoms with Gasteiger partial charge < -0.3 is 15.3 Å². The molecule has 2 aliphatic rings. The number of H-pyrrole nitrogens is 1. The third-order valence-corrected chi connectivity index (χ3v) is 7.04. The topological polar surface area (TPSA) is 110 Å². The van der Waals surface area contributed by atoms with Crippen LogP contribution in [-0.4, -0.2) is 74.3 Å². The van der Waals surface area contributed by atoms with Gasteiger partial charge in [-0.25, -0.2) is 13.8 Å². The fourth-order valence-electron chi connectivity index (χ4n) is 4.97.